The Balaban J connectivity index is 1.52. The number of aromatic nitrogens is 5. The molecule has 2 heterocycles. The third kappa shape index (κ3) is 3.58. The molecule has 0 spiro atoms. The number of hydrogen-bond acceptors (Lipinski definition) is 6. The molecule has 0 bridgehead atoms. The Labute approximate surface area is 178 Å². The van der Waals surface area contributed by atoms with E-state index in [0.29, 0.717) is 23.6 Å². The van der Waals surface area contributed by atoms with Gasteiger partial charge in [-0.2, -0.15) is 4.80 Å². The lowest BCUT2D eigenvalue weighted by Crippen LogP contribution is -2.21. The number of nitrogens with zero attached hydrogens (tertiary/aromatic N) is 5. The molecule has 0 atom stereocenters. The summed E-state index contributed by atoms with van der Waals surface area (Å²) in [7, 11) is 3.32. The lowest BCUT2D eigenvalue weighted by Gasteiger charge is -2.12. The minimum atomic E-state index is -0.209. The highest BCUT2D eigenvalue weighted by Gasteiger charge is 2.31. The first kappa shape index (κ1) is 19.1. The van der Waals surface area contributed by atoms with Gasteiger partial charge < -0.3 is 10.6 Å². The largest absolute Gasteiger partial charge is 0.355 e. The molecule has 2 aliphatic rings. The fourth-order valence-corrected chi connectivity index (χ4v) is 3.76. The first-order chi connectivity index (χ1) is 15.0. The van der Waals surface area contributed by atoms with Crippen molar-refractivity contribution in [2.75, 3.05) is 12.4 Å². The summed E-state index contributed by atoms with van der Waals surface area (Å²) in [4.78, 5) is 30.6. The van der Waals surface area contributed by atoms with Gasteiger partial charge in [0.05, 0.1) is 12.6 Å². The number of anilines is 1. The monoisotopic (exact) mass is 415 g/mol. The molecule has 1 fully saturated rings. The molecule has 2 N–H and O–H groups in total. The van der Waals surface area contributed by atoms with E-state index < -0.39 is 0 Å². The molecule has 5 rings (SSSR count). The van der Waals surface area contributed by atoms with Gasteiger partial charge >= 0.3 is 0 Å². The summed E-state index contributed by atoms with van der Waals surface area (Å²) in [5, 5.41) is 17.9. The van der Waals surface area contributed by atoms with Gasteiger partial charge in [-0.1, -0.05) is 18.2 Å². The number of carbonyl (C=O) groups excluding carboxylic acids is 2. The fourth-order valence-electron chi connectivity index (χ4n) is 3.76. The van der Waals surface area contributed by atoms with Gasteiger partial charge in [0.2, 0.25) is 11.7 Å². The zero-order valence-electron chi connectivity index (χ0n) is 17.2. The highest BCUT2D eigenvalue weighted by atomic mass is 16.2. The molecule has 0 aliphatic heterocycles. The number of allylic oxidation sites excluding steroid dienone is 1. The van der Waals surface area contributed by atoms with E-state index in [2.05, 4.69) is 31.0 Å². The van der Waals surface area contributed by atoms with Crippen molar-refractivity contribution >= 4 is 29.3 Å². The van der Waals surface area contributed by atoms with Crippen molar-refractivity contribution in [2.45, 2.75) is 19.3 Å². The average Bonchev–Trinajstić information content (AvgIpc) is 3.39. The third-order valence-corrected chi connectivity index (χ3v) is 5.57. The number of hydrogen-bond donors (Lipinski definition) is 2. The van der Waals surface area contributed by atoms with Gasteiger partial charge in [0.25, 0.3) is 5.91 Å². The SMILES string of the molecule is CNC(=O)c1cnc(NC(=O)C2CC2)c2c1C=C(c1cccc(-c3nnn(C)n3)c1)C2. The van der Waals surface area contributed by atoms with Crippen molar-refractivity contribution in [1.82, 2.24) is 30.5 Å². The van der Waals surface area contributed by atoms with Gasteiger partial charge in [0, 0.05) is 36.7 Å². The van der Waals surface area contributed by atoms with E-state index in [4.69, 9.17) is 0 Å². The van der Waals surface area contributed by atoms with Crippen LogP contribution in [0.15, 0.2) is 30.5 Å². The number of benzene rings is 1. The number of carbonyl (C=O) groups is 2. The maximum Gasteiger partial charge on any atom is 0.253 e. The maximum absolute atomic E-state index is 12.4. The number of fused-ring (bicyclic) bond motifs is 1. The van der Waals surface area contributed by atoms with E-state index >= 15 is 0 Å². The maximum atomic E-state index is 12.4. The predicted molar refractivity (Wildman–Crippen MR) is 115 cm³/mol. The fraction of sp³-hybridized carbons (Fsp3) is 0.273. The quantitative estimate of drug-likeness (QED) is 0.659. The van der Waals surface area contributed by atoms with E-state index in [1.54, 1.807) is 14.1 Å². The van der Waals surface area contributed by atoms with Crippen molar-refractivity contribution in [3.05, 3.63) is 52.7 Å². The average molecular weight is 415 g/mol. The molecule has 0 unspecified atom stereocenters. The van der Waals surface area contributed by atoms with Crippen LogP contribution in [-0.4, -0.2) is 44.1 Å². The molecule has 3 aromatic rings. The second-order valence-electron chi connectivity index (χ2n) is 7.79. The lowest BCUT2D eigenvalue weighted by atomic mass is 10.0. The zero-order chi connectivity index (χ0) is 21.5. The zero-order valence-corrected chi connectivity index (χ0v) is 17.2. The summed E-state index contributed by atoms with van der Waals surface area (Å²) in [5.74, 6) is 0.926. The standard InChI is InChI=1S/C22H21N7O2/c1-23-22(31)18-11-24-20(25-21(30)12-6-7-12)17-10-15(9-16(17)18)13-4-3-5-14(8-13)19-26-28-29(2)27-19/h3-5,8-9,11-12H,6-7,10H2,1-2H3,(H,23,31)(H,24,25,30). The van der Waals surface area contributed by atoms with Crippen LogP contribution in [0.5, 0.6) is 0 Å². The van der Waals surface area contributed by atoms with Crippen LogP contribution in [0.3, 0.4) is 0 Å². The molecule has 1 saturated carbocycles. The molecule has 31 heavy (non-hydrogen) atoms. The molecule has 1 aromatic carbocycles. The van der Waals surface area contributed by atoms with Gasteiger partial charge in [-0.15, -0.1) is 10.2 Å². The molecular formula is C22H21N7O2. The molecule has 0 radical (unpaired) electrons. The number of rotatable bonds is 5. The highest BCUT2D eigenvalue weighted by molar-refractivity contribution is 6.04. The summed E-state index contributed by atoms with van der Waals surface area (Å²) in [6.45, 7) is 0. The van der Waals surface area contributed by atoms with Gasteiger partial charge in [-0.25, -0.2) is 4.98 Å². The summed E-state index contributed by atoms with van der Waals surface area (Å²) >= 11 is 0. The van der Waals surface area contributed by atoms with Crippen LogP contribution in [0, 0.1) is 5.92 Å². The Kier molecular flexibility index (Phi) is 4.58. The normalized spacial score (nSPS) is 14.7. The molecule has 9 nitrogen and oxygen atoms in total. The Morgan fingerprint density at radius 3 is 2.71 bits per heavy atom. The number of nitrogens with one attached hydrogen (secondary N) is 2. The smallest absolute Gasteiger partial charge is 0.253 e. The van der Waals surface area contributed by atoms with E-state index in [1.807, 2.05) is 30.3 Å². The number of tetrazole rings is 1. The molecule has 2 aliphatic carbocycles. The number of pyridine rings is 1. The van der Waals surface area contributed by atoms with Gasteiger partial charge in [-0.3, -0.25) is 9.59 Å². The molecule has 0 saturated heterocycles. The molecule has 9 heteroatoms. The highest BCUT2D eigenvalue weighted by Crippen LogP contribution is 2.38. The van der Waals surface area contributed by atoms with Gasteiger partial charge in [-0.05, 0) is 46.9 Å². The second-order valence-corrected chi connectivity index (χ2v) is 7.79. The number of aryl methyl sites for hydroxylation is 1. The summed E-state index contributed by atoms with van der Waals surface area (Å²) in [6, 6.07) is 7.89. The van der Waals surface area contributed by atoms with Crippen molar-refractivity contribution in [3.63, 3.8) is 0 Å². The van der Waals surface area contributed by atoms with Crippen molar-refractivity contribution < 1.29 is 9.59 Å². The minimum Gasteiger partial charge on any atom is -0.355 e. The van der Waals surface area contributed by atoms with Crippen molar-refractivity contribution in [3.8, 4) is 11.4 Å². The van der Waals surface area contributed by atoms with Gasteiger partial charge in [0.1, 0.15) is 5.82 Å². The Hall–Kier alpha value is -3.88. The van der Waals surface area contributed by atoms with Crippen LogP contribution in [0.25, 0.3) is 23.0 Å². The summed E-state index contributed by atoms with van der Waals surface area (Å²) in [6.07, 6.45) is 5.91. The molecular weight excluding hydrogens is 394 g/mol. The van der Waals surface area contributed by atoms with Crippen LogP contribution >= 0.6 is 0 Å². The van der Waals surface area contributed by atoms with Crippen LogP contribution in [-0.2, 0) is 18.3 Å². The Morgan fingerprint density at radius 2 is 2.00 bits per heavy atom. The first-order valence-corrected chi connectivity index (χ1v) is 10.1. The van der Waals surface area contributed by atoms with Gasteiger partial charge in [0.15, 0.2) is 0 Å². The van der Waals surface area contributed by atoms with Crippen molar-refractivity contribution in [2.24, 2.45) is 13.0 Å². The van der Waals surface area contributed by atoms with E-state index in [-0.39, 0.29) is 17.7 Å². The first-order valence-electron chi connectivity index (χ1n) is 10.1. The molecule has 2 aromatic heterocycles. The van der Waals surface area contributed by atoms with Crippen LogP contribution in [0.4, 0.5) is 5.82 Å². The van der Waals surface area contributed by atoms with Crippen molar-refractivity contribution in [1.29, 1.82) is 0 Å². The molecule has 156 valence electrons. The van der Waals surface area contributed by atoms with Crippen LogP contribution in [0.1, 0.15) is 39.9 Å². The topological polar surface area (TPSA) is 115 Å². The van der Waals surface area contributed by atoms with E-state index in [0.717, 1.165) is 40.7 Å². The third-order valence-electron chi connectivity index (χ3n) is 5.57. The van der Waals surface area contributed by atoms with Crippen LogP contribution < -0.4 is 10.6 Å². The lowest BCUT2D eigenvalue weighted by molar-refractivity contribution is -0.117. The summed E-state index contributed by atoms with van der Waals surface area (Å²) in [5.41, 5.74) is 5.01. The number of amides is 2. The summed E-state index contributed by atoms with van der Waals surface area (Å²) < 4.78 is 0. The van der Waals surface area contributed by atoms with E-state index in [1.165, 1.54) is 11.0 Å². The van der Waals surface area contributed by atoms with Crippen LogP contribution in [0.2, 0.25) is 0 Å². The minimum absolute atomic E-state index is 0.00781. The Bertz CT molecular complexity index is 1240. The Morgan fingerprint density at radius 1 is 1.19 bits per heavy atom. The van der Waals surface area contributed by atoms with E-state index in [9.17, 15) is 9.59 Å². The predicted octanol–water partition coefficient (Wildman–Crippen LogP) is 2.08. The molecule has 2 amide bonds. The second kappa shape index (κ2) is 7.42.